The van der Waals surface area contributed by atoms with Gasteiger partial charge in [-0.05, 0) is 44.5 Å². The zero-order valence-corrected chi connectivity index (χ0v) is 22.3. The van der Waals surface area contributed by atoms with Crippen molar-refractivity contribution in [1.82, 2.24) is 34.4 Å². The highest BCUT2D eigenvalue weighted by Crippen LogP contribution is 2.30. The van der Waals surface area contributed by atoms with Crippen LogP contribution in [-0.2, 0) is 11.2 Å². The van der Waals surface area contributed by atoms with Crippen molar-refractivity contribution in [2.45, 2.75) is 51.4 Å². The number of likely N-dealkylation sites (tertiary alicyclic amines) is 1. The zero-order valence-electron chi connectivity index (χ0n) is 22.3. The summed E-state index contributed by atoms with van der Waals surface area (Å²) in [5.41, 5.74) is 4.57. The largest absolute Gasteiger partial charge is 0.479 e. The maximum atomic E-state index is 13.2. The van der Waals surface area contributed by atoms with Crippen LogP contribution in [0.2, 0.25) is 0 Å². The summed E-state index contributed by atoms with van der Waals surface area (Å²) < 4.78 is 20.8. The van der Waals surface area contributed by atoms with Gasteiger partial charge in [-0.3, -0.25) is 14.7 Å². The van der Waals surface area contributed by atoms with Crippen molar-refractivity contribution in [3.05, 3.63) is 54.5 Å². The van der Waals surface area contributed by atoms with E-state index in [0.717, 1.165) is 23.3 Å². The van der Waals surface area contributed by atoms with E-state index in [1.54, 1.807) is 30.7 Å². The minimum atomic E-state index is -0.753. The fourth-order valence-corrected chi connectivity index (χ4v) is 5.31. The lowest BCUT2D eigenvalue weighted by Gasteiger charge is -2.44. The fourth-order valence-electron chi connectivity index (χ4n) is 5.31. The van der Waals surface area contributed by atoms with Crippen LogP contribution in [0.25, 0.3) is 22.4 Å². The molecule has 39 heavy (non-hydrogen) atoms. The van der Waals surface area contributed by atoms with Crippen LogP contribution in [0.15, 0.2) is 43.0 Å². The number of alkyl halides is 1. The number of piperidine rings is 1. The first-order valence-electron chi connectivity index (χ1n) is 13.3. The van der Waals surface area contributed by atoms with Gasteiger partial charge in [-0.1, -0.05) is 0 Å². The molecule has 2 aliphatic heterocycles. The Morgan fingerprint density at radius 1 is 1.10 bits per heavy atom. The molecule has 2 saturated heterocycles. The molecular weight excluding hydrogens is 499 g/mol. The number of methoxy groups -OCH3 is 1. The van der Waals surface area contributed by atoms with Crippen molar-refractivity contribution in [2.75, 3.05) is 31.6 Å². The molecule has 202 valence electrons. The van der Waals surface area contributed by atoms with E-state index in [4.69, 9.17) is 9.72 Å². The molecule has 1 atom stereocenters. The van der Waals surface area contributed by atoms with Crippen molar-refractivity contribution in [1.29, 1.82) is 0 Å². The van der Waals surface area contributed by atoms with Crippen LogP contribution < -0.4 is 9.64 Å². The summed E-state index contributed by atoms with van der Waals surface area (Å²) >= 11 is 0. The van der Waals surface area contributed by atoms with E-state index in [-0.39, 0.29) is 18.0 Å². The Bertz CT molecular complexity index is 1500. The van der Waals surface area contributed by atoms with E-state index < -0.39 is 6.17 Å². The SMILES string of the molecule is COc1nc(-c2ccnc(Cc3ccc(N4CCC(N5CC(F)C5)CC4=O)cn3)n2)cc2c1ncn2C(C)C. The van der Waals surface area contributed by atoms with Crippen molar-refractivity contribution in [3.63, 3.8) is 0 Å². The number of carbonyl (C=O) groups is 1. The van der Waals surface area contributed by atoms with Gasteiger partial charge < -0.3 is 14.2 Å². The highest BCUT2D eigenvalue weighted by molar-refractivity contribution is 5.94. The first-order valence-corrected chi connectivity index (χ1v) is 13.3. The number of ether oxygens (including phenoxy) is 1. The number of carbonyl (C=O) groups excluding carboxylic acids is 1. The molecule has 2 fully saturated rings. The monoisotopic (exact) mass is 530 g/mol. The summed E-state index contributed by atoms with van der Waals surface area (Å²) in [6, 6.07) is 7.99. The molecule has 6 heterocycles. The molecule has 0 bridgehead atoms. The molecule has 0 radical (unpaired) electrons. The van der Waals surface area contributed by atoms with Crippen LogP contribution in [-0.4, -0.2) is 79.3 Å². The molecule has 4 aromatic rings. The number of hydrogen-bond acceptors (Lipinski definition) is 8. The summed E-state index contributed by atoms with van der Waals surface area (Å²) in [7, 11) is 1.59. The quantitative estimate of drug-likeness (QED) is 0.357. The number of anilines is 1. The van der Waals surface area contributed by atoms with Gasteiger partial charge in [0.2, 0.25) is 11.8 Å². The maximum absolute atomic E-state index is 13.2. The predicted octanol–water partition coefficient (Wildman–Crippen LogP) is 3.61. The first kappa shape index (κ1) is 25.3. The number of imidazole rings is 1. The number of amides is 1. The first-order chi connectivity index (χ1) is 18.9. The molecule has 0 spiro atoms. The molecule has 0 aliphatic carbocycles. The van der Waals surface area contributed by atoms with Gasteiger partial charge in [0.05, 0.1) is 48.6 Å². The Morgan fingerprint density at radius 2 is 1.95 bits per heavy atom. The van der Waals surface area contributed by atoms with E-state index in [1.165, 1.54) is 0 Å². The zero-order chi connectivity index (χ0) is 27.1. The minimum absolute atomic E-state index is 0.0536. The molecule has 1 amide bonds. The molecule has 0 N–H and O–H groups in total. The topological polar surface area (TPSA) is 102 Å². The molecule has 2 aliphatic rings. The summed E-state index contributed by atoms with van der Waals surface area (Å²) in [4.78, 5) is 39.5. The molecule has 0 aromatic carbocycles. The van der Waals surface area contributed by atoms with Gasteiger partial charge in [0.25, 0.3) is 0 Å². The van der Waals surface area contributed by atoms with Crippen LogP contribution in [0.4, 0.5) is 10.1 Å². The van der Waals surface area contributed by atoms with Gasteiger partial charge in [0, 0.05) is 50.0 Å². The van der Waals surface area contributed by atoms with Gasteiger partial charge in [-0.25, -0.2) is 24.3 Å². The van der Waals surface area contributed by atoms with Crippen LogP contribution in [0.1, 0.15) is 44.2 Å². The summed E-state index contributed by atoms with van der Waals surface area (Å²) in [6.45, 7) is 5.69. The smallest absolute Gasteiger partial charge is 0.242 e. The van der Waals surface area contributed by atoms with Gasteiger partial charge in [0.15, 0.2) is 5.52 Å². The second-order valence-corrected chi connectivity index (χ2v) is 10.4. The summed E-state index contributed by atoms with van der Waals surface area (Å²) in [6.07, 6.45) is 6.18. The molecular formula is C28H31FN8O2. The lowest BCUT2D eigenvalue weighted by atomic mass is 9.98. The Balaban J connectivity index is 1.17. The van der Waals surface area contributed by atoms with Crippen molar-refractivity contribution >= 4 is 22.6 Å². The standard InChI is InChI=1S/C28H31FN8O2/c1-17(2)37-16-32-27-24(37)12-23(34-28(27)39-3)22-6-8-30-25(33-22)10-19-4-5-21(13-31-19)36-9-7-20(11-26(36)38)35-14-18(29)15-35/h4-6,8,12-13,16-18,20H,7,9-11,14-15H2,1-3H3. The van der Waals surface area contributed by atoms with Crippen LogP contribution >= 0.6 is 0 Å². The summed E-state index contributed by atoms with van der Waals surface area (Å²) in [5.74, 6) is 1.12. The maximum Gasteiger partial charge on any atom is 0.242 e. The van der Waals surface area contributed by atoms with E-state index in [2.05, 4.69) is 43.3 Å². The molecule has 1 unspecified atom stereocenters. The highest BCUT2D eigenvalue weighted by Gasteiger charge is 2.37. The third-order valence-corrected chi connectivity index (χ3v) is 7.49. The molecule has 0 saturated carbocycles. The highest BCUT2D eigenvalue weighted by atomic mass is 19.1. The lowest BCUT2D eigenvalue weighted by Crippen LogP contribution is -2.57. The normalized spacial score (nSPS) is 18.6. The van der Waals surface area contributed by atoms with Crippen LogP contribution in [0.5, 0.6) is 5.88 Å². The second kappa shape index (κ2) is 10.3. The average Bonchev–Trinajstić information content (AvgIpc) is 3.36. The Morgan fingerprint density at radius 3 is 2.64 bits per heavy atom. The minimum Gasteiger partial charge on any atom is -0.479 e. The summed E-state index contributed by atoms with van der Waals surface area (Å²) in [5, 5.41) is 0. The molecule has 10 nitrogen and oxygen atoms in total. The van der Waals surface area contributed by atoms with Crippen molar-refractivity contribution < 1.29 is 13.9 Å². The number of hydrogen-bond donors (Lipinski definition) is 0. The van der Waals surface area contributed by atoms with Gasteiger partial charge in [-0.2, -0.15) is 0 Å². The van der Waals surface area contributed by atoms with E-state index in [9.17, 15) is 9.18 Å². The number of nitrogens with zero attached hydrogens (tertiary/aromatic N) is 8. The van der Waals surface area contributed by atoms with E-state index in [0.29, 0.717) is 61.1 Å². The number of aromatic nitrogens is 6. The predicted molar refractivity (Wildman–Crippen MR) is 144 cm³/mol. The van der Waals surface area contributed by atoms with Gasteiger partial charge >= 0.3 is 0 Å². The molecule has 6 rings (SSSR count). The number of pyridine rings is 2. The Hall–Kier alpha value is -3.99. The third kappa shape index (κ3) is 4.94. The van der Waals surface area contributed by atoms with Crippen LogP contribution in [0.3, 0.4) is 0 Å². The molecule has 4 aromatic heterocycles. The van der Waals surface area contributed by atoms with Crippen LogP contribution in [0, 0.1) is 0 Å². The van der Waals surface area contributed by atoms with Crippen molar-refractivity contribution in [2.24, 2.45) is 0 Å². The number of fused-ring (bicyclic) bond motifs is 1. The third-order valence-electron chi connectivity index (χ3n) is 7.49. The lowest BCUT2D eigenvalue weighted by molar-refractivity contribution is -0.122. The van der Waals surface area contributed by atoms with Gasteiger partial charge in [0.1, 0.15) is 12.0 Å². The average molecular weight is 531 g/mol. The van der Waals surface area contributed by atoms with Crippen molar-refractivity contribution in [3.8, 4) is 17.3 Å². The fraction of sp³-hybridized carbons (Fsp3) is 0.429. The van der Waals surface area contributed by atoms with E-state index >= 15 is 0 Å². The number of rotatable bonds is 7. The van der Waals surface area contributed by atoms with E-state index in [1.807, 2.05) is 24.3 Å². The second-order valence-electron chi connectivity index (χ2n) is 10.4. The number of halogens is 1. The Labute approximate surface area is 225 Å². The molecule has 11 heteroatoms. The van der Waals surface area contributed by atoms with Gasteiger partial charge in [-0.15, -0.1) is 0 Å². The Kier molecular flexibility index (Phi) is 6.68.